The highest BCUT2D eigenvalue weighted by atomic mass is 127. The molecule has 0 heterocycles. The third-order valence-corrected chi connectivity index (χ3v) is 3.31. The molecule has 0 aliphatic heterocycles. The van der Waals surface area contributed by atoms with Crippen molar-refractivity contribution in [3.05, 3.63) is 24.8 Å². The van der Waals surface area contributed by atoms with E-state index in [2.05, 4.69) is 0 Å². The summed E-state index contributed by atoms with van der Waals surface area (Å²) in [5, 5.41) is 18.1. The minimum Gasteiger partial charge on any atom is -0.506 e. The standard InChI is InChI=1S/C8H7I2NO3/c9-4-1-3(6(11)8(13)14)2-5(10)7(4)12/h1-2,6,12H,11H2,(H,13,14). The quantitative estimate of drug-likeness (QED) is 0.638. The van der Waals surface area contributed by atoms with Crippen LogP contribution in [0.15, 0.2) is 12.1 Å². The van der Waals surface area contributed by atoms with Gasteiger partial charge in [0, 0.05) is 0 Å². The fourth-order valence-electron chi connectivity index (χ4n) is 0.907. The van der Waals surface area contributed by atoms with Crippen molar-refractivity contribution in [1.29, 1.82) is 0 Å². The molecule has 0 aliphatic rings. The third-order valence-electron chi connectivity index (χ3n) is 1.66. The lowest BCUT2D eigenvalue weighted by molar-refractivity contribution is -0.138. The Labute approximate surface area is 108 Å². The highest BCUT2D eigenvalue weighted by Gasteiger charge is 2.16. The minimum atomic E-state index is -1.08. The fraction of sp³-hybridized carbons (Fsp3) is 0.125. The molecule has 0 aliphatic carbocycles. The Morgan fingerprint density at radius 3 is 2.14 bits per heavy atom. The average Bonchev–Trinajstić information content (AvgIpc) is 2.12. The second-order valence-electron chi connectivity index (χ2n) is 2.65. The van der Waals surface area contributed by atoms with E-state index < -0.39 is 12.0 Å². The summed E-state index contributed by atoms with van der Waals surface area (Å²) in [6.07, 6.45) is 0. The zero-order valence-electron chi connectivity index (χ0n) is 6.87. The fourth-order valence-corrected chi connectivity index (χ4v) is 2.72. The van der Waals surface area contributed by atoms with Crippen molar-refractivity contribution in [2.75, 3.05) is 0 Å². The van der Waals surface area contributed by atoms with E-state index in [4.69, 9.17) is 10.8 Å². The molecule has 0 fully saturated rings. The molecular weight excluding hydrogens is 412 g/mol. The number of hydrogen-bond donors (Lipinski definition) is 3. The first-order chi connectivity index (χ1) is 6.43. The van der Waals surface area contributed by atoms with Crippen molar-refractivity contribution >= 4 is 51.2 Å². The van der Waals surface area contributed by atoms with Gasteiger partial charge >= 0.3 is 5.97 Å². The molecular formula is C8H7I2NO3. The molecule has 0 spiro atoms. The van der Waals surface area contributed by atoms with Crippen molar-refractivity contribution in [3.63, 3.8) is 0 Å². The molecule has 1 rings (SSSR count). The van der Waals surface area contributed by atoms with Crippen LogP contribution in [0.1, 0.15) is 11.6 Å². The molecule has 4 N–H and O–H groups in total. The van der Waals surface area contributed by atoms with Crippen LogP contribution < -0.4 is 5.73 Å². The molecule has 76 valence electrons. The summed E-state index contributed by atoms with van der Waals surface area (Å²) >= 11 is 3.86. The number of benzene rings is 1. The van der Waals surface area contributed by atoms with Gasteiger partial charge < -0.3 is 15.9 Å². The van der Waals surface area contributed by atoms with Crippen LogP contribution in [-0.4, -0.2) is 16.2 Å². The summed E-state index contributed by atoms with van der Waals surface area (Å²) in [6.45, 7) is 0. The molecule has 1 aromatic carbocycles. The van der Waals surface area contributed by atoms with Crippen LogP contribution in [0.3, 0.4) is 0 Å². The number of aliphatic carboxylic acids is 1. The van der Waals surface area contributed by atoms with Crippen LogP contribution in [0.4, 0.5) is 0 Å². The van der Waals surface area contributed by atoms with Crippen molar-refractivity contribution in [2.24, 2.45) is 5.73 Å². The summed E-state index contributed by atoms with van der Waals surface area (Å²) in [5.41, 5.74) is 5.93. The monoisotopic (exact) mass is 419 g/mol. The lowest BCUT2D eigenvalue weighted by atomic mass is 10.1. The topological polar surface area (TPSA) is 83.6 Å². The predicted molar refractivity (Wildman–Crippen MR) is 68.1 cm³/mol. The van der Waals surface area contributed by atoms with Gasteiger partial charge in [0.15, 0.2) is 0 Å². The predicted octanol–water partition coefficient (Wildman–Crippen LogP) is 1.69. The zero-order chi connectivity index (χ0) is 10.9. The largest absolute Gasteiger partial charge is 0.506 e. The van der Waals surface area contributed by atoms with E-state index in [9.17, 15) is 9.90 Å². The van der Waals surface area contributed by atoms with Gasteiger partial charge in [0.05, 0.1) is 7.14 Å². The maximum atomic E-state index is 10.6. The van der Waals surface area contributed by atoms with Gasteiger partial charge in [-0.05, 0) is 62.9 Å². The smallest absolute Gasteiger partial charge is 0.325 e. The Kier molecular flexibility index (Phi) is 3.95. The van der Waals surface area contributed by atoms with Gasteiger partial charge in [0.25, 0.3) is 0 Å². The lowest BCUT2D eigenvalue weighted by Gasteiger charge is -2.09. The van der Waals surface area contributed by atoms with E-state index >= 15 is 0 Å². The molecule has 4 nitrogen and oxygen atoms in total. The molecule has 1 atom stereocenters. The molecule has 0 aromatic heterocycles. The van der Waals surface area contributed by atoms with Crippen molar-refractivity contribution < 1.29 is 15.0 Å². The van der Waals surface area contributed by atoms with Crippen LogP contribution in [0, 0.1) is 7.14 Å². The molecule has 6 heteroatoms. The normalized spacial score (nSPS) is 12.5. The van der Waals surface area contributed by atoms with Crippen molar-refractivity contribution in [2.45, 2.75) is 6.04 Å². The molecule has 0 radical (unpaired) electrons. The van der Waals surface area contributed by atoms with E-state index in [1.165, 1.54) is 0 Å². The first-order valence-electron chi connectivity index (χ1n) is 3.59. The van der Waals surface area contributed by atoms with E-state index in [1.807, 2.05) is 45.2 Å². The van der Waals surface area contributed by atoms with Gasteiger partial charge in [-0.2, -0.15) is 0 Å². The number of phenols is 1. The van der Waals surface area contributed by atoms with Gasteiger partial charge in [-0.1, -0.05) is 0 Å². The van der Waals surface area contributed by atoms with Gasteiger partial charge in [-0.3, -0.25) is 4.79 Å². The van der Waals surface area contributed by atoms with E-state index in [0.717, 1.165) is 0 Å². The Bertz CT molecular complexity index is 358. The van der Waals surface area contributed by atoms with Crippen LogP contribution >= 0.6 is 45.2 Å². The van der Waals surface area contributed by atoms with Crippen molar-refractivity contribution in [3.8, 4) is 5.75 Å². The third kappa shape index (κ3) is 2.48. The Hall–Kier alpha value is -0.0900. The van der Waals surface area contributed by atoms with E-state index in [-0.39, 0.29) is 5.75 Å². The second-order valence-corrected chi connectivity index (χ2v) is 4.97. The first kappa shape index (κ1) is 12.0. The minimum absolute atomic E-state index is 0.160. The Morgan fingerprint density at radius 1 is 1.36 bits per heavy atom. The van der Waals surface area contributed by atoms with Gasteiger partial charge in [-0.15, -0.1) is 0 Å². The average molecular weight is 419 g/mol. The van der Waals surface area contributed by atoms with Gasteiger partial charge in [0.1, 0.15) is 11.8 Å². The zero-order valence-corrected chi connectivity index (χ0v) is 11.2. The second kappa shape index (κ2) is 4.62. The van der Waals surface area contributed by atoms with Crippen molar-refractivity contribution in [1.82, 2.24) is 0 Å². The summed E-state index contributed by atoms with van der Waals surface area (Å²) < 4.78 is 1.20. The number of aromatic hydroxyl groups is 1. The Balaban J connectivity index is 3.19. The van der Waals surface area contributed by atoms with Crippen LogP contribution in [0.5, 0.6) is 5.75 Å². The number of phenolic OH excluding ortho intramolecular Hbond substituents is 1. The number of carboxylic acids is 1. The molecule has 0 saturated carbocycles. The lowest BCUT2D eigenvalue weighted by Crippen LogP contribution is -2.20. The number of hydrogen-bond acceptors (Lipinski definition) is 3. The van der Waals surface area contributed by atoms with Crippen LogP contribution in [0.2, 0.25) is 0 Å². The summed E-state index contributed by atoms with van der Waals surface area (Å²) in [4.78, 5) is 10.6. The summed E-state index contributed by atoms with van der Waals surface area (Å²) in [6, 6.07) is 2.09. The SMILES string of the molecule is NC(C(=O)O)c1cc(I)c(O)c(I)c1. The van der Waals surface area contributed by atoms with E-state index in [0.29, 0.717) is 12.7 Å². The highest BCUT2D eigenvalue weighted by Crippen LogP contribution is 2.29. The maximum absolute atomic E-state index is 10.6. The van der Waals surface area contributed by atoms with Gasteiger partial charge in [0.2, 0.25) is 0 Å². The molecule has 0 saturated heterocycles. The van der Waals surface area contributed by atoms with Crippen LogP contribution in [-0.2, 0) is 4.79 Å². The number of rotatable bonds is 2. The van der Waals surface area contributed by atoms with Crippen LogP contribution in [0.25, 0.3) is 0 Å². The highest BCUT2D eigenvalue weighted by molar-refractivity contribution is 14.1. The molecule has 0 amide bonds. The maximum Gasteiger partial charge on any atom is 0.325 e. The molecule has 0 bridgehead atoms. The molecule has 1 aromatic rings. The number of halogens is 2. The van der Waals surface area contributed by atoms with E-state index in [1.54, 1.807) is 12.1 Å². The van der Waals surface area contributed by atoms with Gasteiger partial charge in [-0.25, -0.2) is 0 Å². The Morgan fingerprint density at radius 2 is 1.79 bits per heavy atom. The molecule has 14 heavy (non-hydrogen) atoms. The number of carbonyl (C=O) groups is 1. The first-order valence-corrected chi connectivity index (χ1v) is 5.75. The number of nitrogens with two attached hydrogens (primary N) is 1. The molecule has 1 unspecified atom stereocenters. The summed E-state index contributed by atoms with van der Waals surface area (Å²) in [5.74, 6) is -0.921. The number of carboxylic acid groups (broad SMARTS) is 1. The summed E-state index contributed by atoms with van der Waals surface area (Å²) in [7, 11) is 0.